The van der Waals surface area contributed by atoms with Gasteiger partial charge in [-0.15, -0.1) is 0 Å². The highest BCUT2D eigenvalue weighted by atomic mass is 19.1. The third-order valence-corrected chi connectivity index (χ3v) is 3.44. The summed E-state index contributed by atoms with van der Waals surface area (Å²) in [6.07, 6.45) is 0.166. The molecule has 5 amide bonds. The van der Waals surface area contributed by atoms with E-state index in [1.54, 1.807) is 0 Å². The summed E-state index contributed by atoms with van der Waals surface area (Å²) in [5.41, 5.74) is 0.424. The van der Waals surface area contributed by atoms with Gasteiger partial charge in [-0.05, 0) is 30.7 Å². The van der Waals surface area contributed by atoms with Crippen LogP contribution in [0.2, 0.25) is 0 Å². The van der Waals surface area contributed by atoms with E-state index in [1.165, 1.54) is 36.2 Å². The van der Waals surface area contributed by atoms with Crippen molar-refractivity contribution in [3.05, 3.63) is 30.1 Å². The van der Waals surface area contributed by atoms with Gasteiger partial charge in [-0.1, -0.05) is 0 Å². The Morgan fingerprint density at radius 3 is 2.50 bits per heavy atom. The van der Waals surface area contributed by atoms with Gasteiger partial charge in [0.15, 0.2) is 0 Å². The van der Waals surface area contributed by atoms with Crippen molar-refractivity contribution in [3.8, 4) is 0 Å². The summed E-state index contributed by atoms with van der Waals surface area (Å²) in [4.78, 5) is 47.4. The normalized spacial score (nSPS) is 16.3. The number of nitrogens with one attached hydrogen (secondary N) is 3. The van der Waals surface area contributed by atoms with Crippen LogP contribution in [0.4, 0.5) is 14.9 Å². The topological polar surface area (TPSA) is 108 Å². The van der Waals surface area contributed by atoms with Crippen LogP contribution < -0.4 is 16.0 Å². The van der Waals surface area contributed by atoms with E-state index in [0.717, 1.165) is 0 Å². The third kappa shape index (κ3) is 4.77. The maximum Gasteiger partial charge on any atom is 0.322 e. The highest BCUT2D eigenvalue weighted by molar-refractivity contribution is 6.04. The number of carbonyl (C=O) groups excluding carboxylic acids is 4. The summed E-state index contributed by atoms with van der Waals surface area (Å²) in [6, 6.07) is 3.94. The van der Waals surface area contributed by atoms with Crippen LogP contribution in [0, 0.1) is 5.82 Å². The molecule has 0 bridgehead atoms. The molecule has 24 heavy (non-hydrogen) atoms. The number of rotatable bonds is 6. The summed E-state index contributed by atoms with van der Waals surface area (Å²) in [5.74, 6) is -1.64. The van der Waals surface area contributed by atoms with Gasteiger partial charge in [0.05, 0.1) is 6.54 Å². The van der Waals surface area contributed by atoms with Crippen LogP contribution in [0.1, 0.15) is 12.8 Å². The Morgan fingerprint density at radius 2 is 1.92 bits per heavy atom. The summed E-state index contributed by atoms with van der Waals surface area (Å²) >= 11 is 0. The van der Waals surface area contributed by atoms with Gasteiger partial charge in [0.2, 0.25) is 11.8 Å². The number of hydrogen-bond donors (Lipinski definition) is 3. The molecule has 1 atom stereocenters. The number of likely N-dealkylation sites (N-methyl/N-ethyl adjacent to an activating group) is 1. The predicted octanol–water partition coefficient (Wildman–Crippen LogP) is 0.211. The Kier molecular flexibility index (Phi) is 5.46. The molecule has 0 unspecified atom stereocenters. The number of amides is 5. The second-order valence-corrected chi connectivity index (χ2v) is 5.36. The highest BCUT2D eigenvalue weighted by Crippen LogP contribution is 2.09. The molecule has 0 aromatic heterocycles. The lowest BCUT2D eigenvalue weighted by Gasteiger charge is -2.17. The van der Waals surface area contributed by atoms with Crippen molar-refractivity contribution in [1.29, 1.82) is 0 Å². The Hall–Kier alpha value is -2.97. The molecule has 2 rings (SSSR count). The van der Waals surface area contributed by atoms with E-state index in [1.807, 2.05) is 0 Å². The summed E-state index contributed by atoms with van der Waals surface area (Å²) in [5, 5.41) is 7.02. The zero-order valence-corrected chi connectivity index (χ0v) is 13.0. The first-order valence-electron chi connectivity index (χ1n) is 7.26. The average molecular weight is 336 g/mol. The van der Waals surface area contributed by atoms with Gasteiger partial charge in [-0.2, -0.15) is 0 Å². The minimum Gasteiger partial charge on any atom is -0.336 e. The summed E-state index contributed by atoms with van der Waals surface area (Å²) in [7, 11) is 1.46. The molecule has 1 aliphatic heterocycles. The zero-order chi connectivity index (χ0) is 17.7. The van der Waals surface area contributed by atoms with E-state index in [-0.39, 0.29) is 25.3 Å². The van der Waals surface area contributed by atoms with Gasteiger partial charge in [-0.25, -0.2) is 9.18 Å². The Bertz CT molecular complexity index is 662. The first-order chi connectivity index (χ1) is 11.3. The molecule has 0 spiro atoms. The molecule has 1 aromatic carbocycles. The minimum atomic E-state index is -0.733. The molecule has 128 valence electrons. The molecule has 1 saturated heterocycles. The van der Waals surface area contributed by atoms with Gasteiger partial charge in [0.25, 0.3) is 5.91 Å². The molecule has 9 heteroatoms. The van der Waals surface area contributed by atoms with Crippen molar-refractivity contribution < 1.29 is 23.6 Å². The fourth-order valence-electron chi connectivity index (χ4n) is 2.16. The molecular weight excluding hydrogens is 319 g/mol. The van der Waals surface area contributed by atoms with Crippen molar-refractivity contribution in [2.45, 2.75) is 18.9 Å². The molecule has 0 aliphatic carbocycles. The van der Waals surface area contributed by atoms with Crippen molar-refractivity contribution >= 4 is 29.4 Å². The molecule has 0 radical (unpaired) electrons. The number of halogens is 1. The van der Waals surface area contributed by atoms with Gasteiger partial charge in [0.1, 0.15) is 11.9 Å². The van der Waals surface area contributed by atoms with E-state index in [0.29, 0.717) is 5.69 Å². The maximum atomic E-state index is 12.8. The van der Waals surface area contributed by atoms with E-state index in [4.69, 9.17) is 0 Å². The lowest BCUT2D eigenvalue weighted by atomic mass is 10.1. The van der Waals surface area contributed by atoms with Gasteiger partial charge in [-0.3, -0.25) is 19.7 Å². The lowest BCUT2D eigenvalue weighted by Crippen LogP contribution is -2.36. The number of imide groups is 1. The quantitative estimate of drug-likeness (QED) is 0.646. The first-order valence-corrected chi connectivity index (χ1v) is 7.26. The fraction of sp³-hybridized carbons (Fsp3) is 0.333. The van der Waals surface area contributed by atoms with Crippen molar-refractivity contribution in [1.82, 2.24) is 15.5 Å². The number of anilines is 1. The standard InChI is InChI=1S/C15H17FN4O4/c1-20(8-12(21)17-10-4-2-9(16)3-5-10)13(22)7-6-11-14(23)19-15(24)18-11/h2-5,11H,6-8H2,1H3,(H,17,21)(H2,18,19,23,24)/t11-/m0/s1. The van der Waals surface area contributed by atoms with Crippen molar-refractivity contribution in [2.75, 3.05) is 18.9 Å². The summed E-state index contributed by atoms with van der Waals surface area (Å²) in [6.45, 7) is -0.181. The Balaban J connectivity index is 1.76. The van der Waals surface area contributed by atoms with Crippen LogP contribution in [-0.4, -0.2) is 48.3 Å². The Morgan fingerprint density at radius 1 is 1.25 bits per heavy atom. The molecular formula is C15H17FN4O4. The van der Waals surface area contributed by atoms with Crippen LogP contribution in [0.25, 0.3) is 0 Å². The maximum absolute atomic E-state index is 12.8. The summed E-state index contributed by atoms with van der Waals surface area (Å²) < 4.78 is 12.8. The van der Waals surface area contributed by atoms with Gasteiger partial charge < -0.3 is 15.5 Å². The third-order valence-electron chi connectivity index (χ3n) is 3.44. The fourth-order valence-corrected chi connectivity index (χ4v) is 2.16. The Labute approximate surface area is 137 Å². The first kappa shape index (κ1) is 17.4. The zero-order valence-electron chi connectivity index (χ0n) is 13.0. The van der Waals surface area contributed by atoms with Crippen LogP contribution in [0.5, 0.6) is 0 Å². The monoisotopic (exact) mass is 336 g/mol. The van der Waals surface area contributed by atoms with E-state index in [2.05, 4.69) is 16.0 Å². The minimum absolute atomic E-state index is 0.0126. The SMILES string of the molecule is CN(CC(=O)Nc1ccc(F)cc1)C(=O)CC[C@@H]1NC(=O)NC1=O. The van der Waals surface area contributed by atoms with Gasteiger partial charge in [0, 0.05) is 19.2 Å². The molecule has 1 aromatic rings. The number of nitrogens with zero attached hydrogens (tertiary/aromatic N) is 1. The highest BCUT2D eigenvalue weighted by Gasteiger charge is 2.29. The largest absolute Gasteiger partial charge is 0.336 e. The second-order valence-electron chi connectivity index (χ2n) is 5.36. The molecule has 3 N–H and O–H groups in total. The van der Waals surface area contributed by atoms with E-state index in [9.17, 15) is 23.6 Å². The van der Waals surface area contributed by atoms with Gasteiger partial charge >= 0.3 is 6.03 Å². The van der Waals surface area contributed by atoms with Crippen molar-refractivity contribution in [2.24, 2.45) is 0 Å². The molecule has 1 aliphatic rings. The number of urea groups is 1. The average Bonchev–Trinajstić information content (AvgIpc) is 2.84. The number of carbonyl (C=O) groups is 4. The van der Waals surface area contributed by atoms with Crippen LogP contribution in [-0.2, 0) is 14.4 Å². The van der Waals surface area contributed by atoms with Crippen LogP contribution in [0.15, 0.2) is 24.3 Å². The van der Waals surface area contributed by atoms with Crippen molar-refractivity contribution in [3.63, 3.8) is 0 Å². The van der Waals surface area contributed by atoms with E-state index < -0.39 is 29.7 Å². The molecule has 0 saturated carbocycles. The smallest absolute Gasteiger partial charge is 0.322 e. The predicted molar refractivity (Wildman–Crippen MR) is 82.4 cm³/mol. The second kappa shape index (κ2) is 7.53. The molecule has 8 nitrogen and oxygen atoms in total. The lowest BCUT2D eigenvalue weighted by molar-refractivity contribution is -0.133. The molecule has 1 fully saturated rings. The van der Waals surface area contributed by atoms with Crippen LogP contribution in [0.3, 0.4) is 0 Å². The van der Waals surface area contributed by atoms with Crippen LogP contribution >= 0.6 is 0 Å². The van der Waals surface area contributed by atoms with E-state index >= 15 is 0 Å². The molecule has 1 heterocycles. The number of hydrogen-bond acceptors (Lipinski definition) is 4. The number of benzene rings is 1.